The fraction of sp³-hybridized carbons (Fsp3) is 0.150. The van der Waals surface area contributed by atoms with Gasteiger partial charge in [-0.15, -0.1) is 4.40 Å². The van der Waals surface area contributed by atoms with E-state index in [1.165, 1.54) is 24.6 Å². The van der Waals surface area contributed by atoms with Crippen LogP contribution in [0.3, 0.4) is 0 Å². The number of carbonyl (C=O) groups excluding carboxylic acids is 1. The van der Waals surface area contributed by atoms with Crippen LogP contribution in [-0.2, 0) is 14.8 Å². The number of Topliss-reactive ketones (excluding diaryl/α,β-unsaturated/α-hetero) is 1. The van der Waals surface area contributed by atoms with Crippen molar-refractivity contribution in [2.24, 2.45) is 4.40 Å². The predicted molar refractivity (Wildman–Crippen MR) is 110 cm³/mol. The number of carbonyl (C=O) groups is 1. The van der Waals surface area contributed by atoms with Gasteiger partial charge in [-0.2, -0.15) is 8.42 Å². The van der Waals surface area contributed by atoms with Crippen molar-refractivity contribution in [1.29, 1.82) is 0 Å². The topological polar surface area (TPSA) is 122 Å². The number of ketones is 1. The normalized spacial score (nSPS) is 15.6. The largest absolute Gasteiger partial charge is 0.508 e. The number of sulfonamides is 1. The van der Waals surface area contributed by atoms with Crippen molar-refractivity contribution in [3.05, 3.63) is 71.4 Å². The molecule has 2 N–H and O–H groups in total. The standard InChI is InChI=1S/C20H16ClN3O5S/c21-13-3-1-2-12(10-13)15(20-22-8-9-29-20)5-7-17(26)19-23-16-6-4-14(25)11-18(16)30(27,28)24-19/h1-4,6,8-11,15,25H,5,7H2,(H,23,24). The molecule has 2 heterocycles. The number of phenols is 1. The number of aromatic hydroxyl groups is 1. The molecule has 1 aromatic heterocycles. The van der Waals surface area contributed by atoms with Gasteiger partial charge in [-0.25, -0.2) is 4.98 Å². The van der Waals surface area contributed by atoms with Gasteiger partial charge < -0.3 is 14.8 Å². The summed E-state index contributed by atoms with van der Waals surface area (Å²) in [6.45, 7) is 0. The van der Waals surface area contributed by atoms with Crippen LogP contribution < -0.4 is 5.32 Å². The highest BCUT2D eigenvalue weighted by Crippen LogP contribution is 2.32. The lowest BCUT2D eigenvalue weighted by atomic mass is 9.93. The molecule has 30 heavy (non-hydrogen) atoms. The molecule has 1 unspecified atom stereocenters. The molecule has 154 valence electrons. The molecular formula is C20H16ClN3O5S. The molecule has 4 rings (SSSR count). The van der Waals surface area contributed by atoms with Gasteiger partial charge in [-0.05, 0) is 36.2 Å². The maximum absolute atomic E-state index is 12.8. The highest BCUT2D eigenvalue weighted by molar-refractivity contribution is 7.90. The second-order valence-corrected chi connectivity index (χ2v) is 8.67. The van der Waals surface area contributed by atoms with Crippen LogP contribution in [0.5, 0.6) is 5.75 Å². The summed E-state index contributed by atoms with van der Waals surface area (Å²) in [4.78, 5) is 16.8. The molecule has 0 bridgehead atoms. The summed E-state index contributed by atoms with van der Waals surface area (Å²) in [7, 11) is -4.10. The minimum atomic E-state index is -4.10. The van der Waals surface area contributed by atoms with Gasteiger partial charge in [-0.1, -0.05) is 23.7 Å². The number of nitrogens with one attached hydrogen (secondary N) is 1. The van der Waals surface area contributed by atoms with Crippen molar-refractivity contribution in [2.75, 3.05) is 5.32 Å². The van der Waals surface area contributed by atoms with E-state index in [1.807, 2.05) is 6.07 Å². The van der Waals surface area contributed by atoms with Gasteiger partial charge in [0.25, 0.3) is 10.0 Å². The average molecular weight is 446 g/mol. The summed E-state index contributed by atoms with van der Waals surface area (Å²) in [6.07, 6.45) is 3.26. The van der Waals surface area contributed by atoms with Crippen LogP contribution >= 0.6 is 11.6 Å². The van der Waals surface area contributed by atoms with Crippen molar-refractivity contribution < 1.29 is 22.7 Å². The average Bonchev–Trinajstić information content (AvgIpc) is 3.22. The van der Waals surface area contributed by atoms with E-state index >= 15 is 0 Å². The first-order chi connectivity index (χ1) is 14.3. The smallest absolute Gasteiger partial charge is 0.286 e. The maximum Gasteiger partial charge on any atom is 0.286 e. The highest BCUT2D eigenvalue weighted by Gasteiger charge is 2.29. The third kappa shape index (κ3) is 4.07. The number of rotatable bonds is 6. The minimum absolute atomic E-state index is 0.00562. The lowest BCUT2D eigenvalue weighted by Gasteiger charge is -2.18. The van der Waals surface area contributed by atoms with Gasteiger partial charge in [0.1, 0.15) is 16.9 Å². The SMILES string of the molecule is O=C(CCC(c1cccc(Cl)c1)c1ncco1)C1=NS(=O)(=O)c2cc(O)ccc2N1. The molecule has 0 spiro atoms. The predicted octanol–water partition coefficient (Wildman–Crippen LogP) is 3.73. The number of benzene rings is 2. The Labute approximate surface area is 177 Å². The first-order valence-electron chi connectivity index (χ1n) is 8.96. The minimum Gasteiger partial charge on any atom is -0.508 e. The van der Waals surface area contributed by atoms with Crippen molar-refractivity contribution in [2.45, 2.75) is 23.7 Å². The number of hydrogen-bond acceptors (Lipinski definition) is 7. The number of fused-ring (bicyclic) bond motifs is 1. The van der Waals surface area contributed by atoms with Crippen LogP contribution in [0.25, 0.3) is 0 Å². The Hall–Kier alpha value is -3.17. The number of anilines is 1. The number of phenolic OH excluding ortho intramolecular Hbond substituents is 1. The van der Waals surface area contributed by atoms with Gasteiger partial charge in [0.15, 0.2) is 11.6 Å². The lowest BCUT2D eigenvalue weighted by molar-refractivity contribution is -0.113. The highest BCUT2D eigenvalue weighted by atomic mass is 35.5. The second-order valence-electron chi connectivity index (χ2n) is 6.66. The third-order valence-electron chi connectivity index (χ3n) is 4.63. The zero-order valence-electron chi connectivity index (χ0n) is 15.4. The van der Waals surface area contributed by atoms with Crippen LogP contribution in [0.2, 0.25) is 5.02 Å². The molecule has 3 aromatic rings. The van der Waals surface area contributed by atoms with E-state index in [4.69, 9.17) is 16.0 Å². The van der Waals surface area contributed by atoms with E-state index in [0.29, 0.717) is 17.3 Å². The fourth-order valence-electron chi connectivity index (χ4n) is 3.22. The molecule has 0 aliphatic carbocycles. The van der Waals surface area contributed by atoms with Crippen molar-refractivity contribution >= 4 is 38.9 Å². The van der Waals surface area contributed by atoms with E-state index in [1.54, 1.807) is 18.2 Å². The van der Waals surface area contributed by atoms with E-state index < -0.39 is 15.8 Å². The Balaban J connectivity index is 1.56. The van der Waals surface area contributed by atoms with Crippen molar-refractivity contribution in [3.8, 4) is 5.75 Å². The van der Waals surface area contributed by atoms with Crippen LogP contribution in [0, 0.1) is 0 Å². The quantitative estimate of drug-likeness (QED) is 0.554. The van der Waals surface area contributed by atoms with Crippen molar-refractivity contribution in [3.63, 3.8) is 0 Å². The molecule has 8 nitrogen and oxygen atoms in total. The monoisotopic (exact) mass is 445 g/mol. The van der Waals surface area contributed by atoms with E-state index in [-0.39, 0.29) is 34.5 Å². The van der Waals surface area contributed by atoms with Crippen LogP contribution in [-0.4, -0.2) is 30.1 Å². The Morgan fingerprint density at radius 1 is 1.23 bits per heavy atom. The molecule has 0 radical (unpaired) electrons. The Morgan fingerprint density at radius 2 is 2.07 bits per heavy atom. The second kappa shape index (κ2) is 7.92. The molecule has 10 heteroatoms. The molecular weight excluding hydrogens is 430 g/mol. The molecule has 0 saturated carbocycles. The number of oxazole rings is 1. The molecule has 1 aliphatic rings. The van der Waals surface area contributed by atoms with E-state index in [9.17, 15) is 18.3 Å². The zero-order valence-corrected chi connectivity index (χ0v) is 17.0. The summed E-state index contributed by atoms with van der Waals surface area (Å²) >= 11 is 6.09. The Bertz CT molecular complexity index is 1240. The van der Waals surface area contributed by atoms with Crippen LogP contribution in [0.4, 0.5) is 5.69 Å². The Kier molecular flexibility index (Phi) is 5.31. The summed E-state index contributed by atoms with van der Waals surface area (Å²) in [5.74, 6) is -0.870. The molecule has 0 fully saturated rings. The molecule has 0 saturated heterocycles. The van der Waals surface area contributed by atoms with Gasteiger partial charge in [0.05, 0.1) is 17.8 Å². The van der Waals surface area contributed by atoms with Crippen LogP contribution in [0.1, 0.15) is 30.2 Å². The van der Waals surface area contributed by atoms with Gasteiger partial charge in [0.2, 0.25) is 5.89 Å². The summed E-state index contributed by atoms with van der Waals surface area (Å²) in [6, 6.07) is 10.9. The molecule has 0 amide bonds. The summed E-state index contributed by atoms with van der Waals surface area (Å²) in [5, 5.41) is 12.8. The summed E-state index contributed by atoms with van der Waals surface area (Å²) < 4.78 is 33.8. The number of nitrogens with zero attached hydrogens (tertiary/aromatic N) is 2. The number of amidine groups is 1. The van der Waals surface area contributed by atoms with E-state index in [0.717, 1.165) is 11.6 Å². The van der Waals surface area contributed by atoms with Crippen molar-refractivity contribution in [1.82, 2.24) is 4.98 Å². The van der Waals surface area contributed by atoms with Crippen LogP contribution in [0.15, 0.2) is 68.6 Å². The maximum atomic E-state index is 12.8. The first kappa shape index (κ1) is 20.1. The number of halogens is 1. The zero-order chi connectivity index (χ0) is 21.3. The lowest BCUT2D eigenvalue weighted by Crippen LogP contribution is -2.29. The van der Waals surface area contributed by atoms with Gasteiger partial charge in [0, 0.05) is 17.5 Å². The fourth-order valence-corrected chi connectivity index (χ4v) is 4.58. The molecule has 2 aromatic carbocycles. The van der Waals surface area contributed by atoms with E-state index in [2.05, 4.69) is 14.7 Å². The number of aromatic nitrogens is 1. The number of hydrogen-bond donors (Lipinski definition) is 2. The first-order valence-corrected chi connectivity index (χ1v) is 10.8. The summed E-state index contributed by atoms with van der Waals surface area (Å²) in [5.41, 5.74) is 1.01. The molecule has 1 atom stereocenters. The van der Waals surface area contributed by atoms with Gasteiger partial charge >= 0.3 is 0 Å². The van der Waals surface area contributed by atoms with Gasteiger partial charge in [-0.3, -0.25) is 4.79 Å². The third-order valence-corrected chi connectivity index (χ3v) is 6.18. The molecule has 1 aliphatic heterocycles. The Morgan fingerprint density at radius 3 is 2.80 bits per heavy atom.